The van der Waals surface area contributed by atoms with Crippen molar-refractivity contribution >= 4 is 11.8 Å². The lowest BCUT2D eigenvalue weighted by Crippen LogP contribution is -2.30. The molecule has 6 heteroatoms. The molecule has 2 N–H and O–H groups in total. The monoisotopic (exact) mass is 310 g/mol. The van der Waals surface area contributed by atoms with Crippen LogP contribution in [0.1, 0.15) is 20.8 Å². The second-order valence-corrected chi connectivity index (χ2v) is 6.38. The Labute approximate surface area is 132 Å². The molecule has 0 saturated carbocycles. The summed E-state index contributed by atoms with van der Waals surface area (Å²) in [5, 5.41) is 12.4. The summed E-state index contributed by atoms with van der Waals surface area (Å²) in [5.41, 5.74) is 0.0887. The Bertz CT molecular complexity index is 466. The van der Waals surface area contributed by atoms with E-state index in [1.807, 2.05) is 39.8 Å². The summed E-state index contributed by atoms with van der Waals surface area (Å²) in [7, 11) is 3.78. The smallest absolute Gasteiger partial charge is 0.412 e. The zero-order valence-electron chi connectivity index (χ0n) is 13.9. The number of hydrogen-bond donors (Lipinski definition) is 2. The van der Waals surface area contributed by atoms with E-state index >= 15 is 0 Å². The molecule has 1 atom stereocenters. The van der Waals surface area contributed by atoms with Gasteiger partial charge >= 0.3 is 6.09 Å². The van der Waals surface area contributed by atoms with E-state index < -0.39 is 17.8 Å². The molecule has 1 aromatic rings. The maximum atomic E-state index is 11.6. The molecule has 1 unspecified atom stereocenters. The van der Waals surface area contributed by atoms with Gasteiger partial charge in [-0.2, -0.15) is 0 Å². The van der Waals surface area contributed by atoms with E-state index in [2.05, 4.69) is 5.32 Å². The number of nitrogens with one attached hydrogen (secondary N) is 1. The fourth-order valence-corrected chi connectivity index (χ4v) is 1.72. The van der Waals surface area contributed by atoms with E-state index in [0.717, 1.165) is 0 Å². The molecule has 1 amide bonds. The molecule has 0 bridgehead atoms. The molecule has 0 fully saturated rings. The fourth-order valence-electron chi connectivity index (χ4n) is 1.72. The van der Waals surface area contributed by atoms with Crippen molar-refractivity contribution in [2.45, 2.75) is 32.5 Å². The van der Waals surface area contributed by atoms with Crippen molar-refractivity contribution in [2.24, 2.45) is 0 Å². The van der Waals surface area contributed by atoms with Crippen LogP contribution in [0.3, 0.4) is 0 Å². The van der Waals surface area contributed by atoms with Crippen LogP contribution in [-0.2, 0) is 4.74 Å². The van der Waals surface area contributed by atoms with E-state index in [9.17, 15) is 9.90 Å². The molecule has 0 spiro atoms. The van der Waals surface area contributed by atoms with Crippen LogP contribution in [0, 0.1) is 0 Å². The molecular formula is C16H26N2O4. The Hall–Kier alpha value is -1.79. The second kappa shape index (κ2) is 8.00. The minimum atomic E-state index is -0.547. The van der Waals surface area contributed by atoms with Gasteiger partial charge in [0.15, 0.2) is 0 Å². The number of nitrogens with zero attached hydrogens (tertiary/aromatic N) is 1. The average molecular weight is 310 g/mol. The van der Waals surface area contributed by atoms with Crippen LogP contribution in [0.25, 0.3) is 0 Å². The number of anilines is 1. The summed E-state index contributed by atoms with van der Waals surface area (Å²) >= 11 is 0. The number of aliphatic hydroxyl groups is 1. The van der Waals surface area contributed by atoms with Gasteiger partial charge in [-0.05, 0) is 59.1 Å². The zero-order chi connectivity index (χ0) is 16.8. The van der Waals surface area contributed by atoms with Crippen LogP contribution in [-0.4, -0.2) is 55.1 Å². The van der Waals surface area contributed by atoms with Gasteiger partial charge < -0.3 is 19.5 Å². The summed E-state index contributed by atoms with van der Waals surface area (Å²) < 4.78 is 10.7. The highest BCUT2D eigenvalue weighted by Gasteiger charge is 2.16. The quantitative estimate of drug-likeness (QED) is 0.844. The predicted octanol–water partition coefficient (Wildman–Crippen LogP) is 2.33. The van der Waals surface area contributed by atoms with Gasteiger partial charge in [0.05, 0.1) is 0 Å². The van der Waals surface area contributed by atoms with Gasteiger partial charge in [-0.1, -0.05) is 0 Å². The molecule has 6 nitrogen and oxygen atoms in total. The number of rotatable bonds is 6. The summed E-state index contributed by atoms with van der Waals surface area (Å²) in [6.07, 6.45) is -1.04. The van der Waals surface area contributed by atoms with Crippen molar-refractivity contribution < 1.29 is 19.4 Å². The Kier molecular flexibility index (Phi) is 6.64. The zero-order valence-corrected chi connectivity index (χ0v) is 13.9. The Morgan fingerprint density at radius 3 is 2.36 bits per heavy atom. The van der Waals surface area contributed by atoms with Crippen LogP contribution in [0.5, 0.6) is 5.75 Å². The van der Waals surface area contributed by atoms with Crippen molar-refractivity contribution in [3.05, 3.63) is 24.3 Å². The van der Waals surface area contributed by atoms with Gasteiger partial charge in [-0.3, -0.25) is 5.32 Å². The minimum Gasteiger partial charge on any atom is -0.491 e. The van der Waals surface area contributed by atoms with Crippen molar-refractivity contribution in [3.63, 3.8) is 0 Å². The minimum absolute atomic E-state index is 0.219. The topological polar surface area (TPSA) is 71.0 Å². The van der Waals surface area contributed by atoms with E-state index in [4.69, 9.17) is 9.47 Å². The molecule has 1 aromatic carbocycles. The van der Waals surface area contributed by atoms with Gasteiger partial charge in [0.1, 0.15) is 24.1 Å². The first-order chi connectivity index (χ1) is 10.2. The van der Waals surface area contributed by atoms with Gasteiger partial charge in [0, 0.05) is 12.2 Å². The Balaban J connectivity index is 2.44. The first kappa shape index (κ1) is 18.3. The number of hydrogen-bond acceptors (Lipinski definition) is 5. The van der Waals surface area contributed by atoms with Crippen molar-refractivity contribution in [3.8, 4) is 5.75 Å². The number of ether oxygens (including phenoxy) is 2. The van der Waals surface area contributed by atoms with Crippen molar-refractivity contribution in [1.29, 1.82) is 0 Å². The second-order valence-electron chi connectivity index (χ2n) is 6.38. The molecule has 1 rings (SSSR count). The lowest BCUT2D eigenvalue weighted by Gasteiger charge is -2.19. The highest BCUT2D eigenvalue weighted by molar-refractivity contribution is 5.84. The molecule has 0 radical (unpaired) electrons. The Morgan fingerprint density at radius 2 is 1.86 bits per heavy atom. The number of carbonyl (C=O) groups is 1. The maximum absolute atomic E-state index is 11.6. The van der Waals surface area contributed by atoms with Crippen LogP contribution in [0.15, 0.2) is 24.3 Å². The van der Waals surface area contributed by atoms with E-state index in [1.165, 1.54) is 0 Å². The molecular weight excluding hydrogens is 284 g/mol. The lowest BCUT2D eigenvalue weighted by molar-refractivity contribution is 0.0636. The van der Waals surface area contributed by atoms with Gasteiger partial charge in [0.25, 0.3) is 0 Å². The Morgan fingerprint density at radius 1 is 1.27 bits per heavy atom. The molecule has 0 aliphatic carbocycles. The lowest BCUT2D eigenvalue weighted by atomic mass is 10.2. The van der Waals surface area contributed by atoms with E-state index in [1.54, 1.807) is 24.3 Å². The summed E-state index contributed by atoms with van der Waals surface area (Å²) in [6.45, 7) is 6.18. The first-order valence-electron chi connectivity index (χ1n) is 7.21. The third kappa shape index (κ3) is 7.85. The highest BCUT2D eigenvalue weighted by Crippen LogP contribution is 2.17. The predicted molar refractivity (Wildman–Crippen MR) is 86.4 cm³/mol. The maximum Gasteiger partial charge on any atom is 0.412 e. The highest BCUT2D eigenvalue weighted by atomic mass is 16.6. The third-order valence-corrected chi connectivity index (χ3v) is 2.52. The van der Waals surface area contributed by atoms with E-state index in [0.29, 0.717) is 18.0 Å². The number of amides is 1. The molecule has 124 valence electrons. The normalized spacial score (nSPS) is 12.9. The molecule has 0 aliphatic rings. The van der Waals surface area contributed by atoms with Crippen LogP contribution >= 0.6 is 0 Å². The average Bonchev–Trinajstić information content (AvgIpc) is 2.34. The molecule has 0 aromatic heterocycles. The molecule has 0 aliphatic heterocycles. The van der Waals surface area contributed by atoms with Crippen LogP contribution < -0.4 is 10.1 Å². The third-order valence-electron chi connectivity index (χ3n) is 2.52. The summed E-state index contributed by atoms with van der Waals surface area (Å²) in [5.74, 6) is 0.632. The number of carbonyl (C=O) groups excluding carboxylic acids is 1. The van der Waals surface area contributed by atoms with Gasteiger partial charge in [-0.25, -0.2) is 4.79 Å². The van der Waals surface area contributed by atoms with Gasteiger partial charge in [0.2, 0.25) is 0 Å². The SMILES string of the molecule is CN(C)CC(O)COc1ccc(NC(=O)OC(C)(C)C)cc1. The fraction of sp³-hybridized carbons (Fsp3) is 0.562. The van der Waals surface area contributed by atoms with Crippen LogP contribution in [0.4, 0.5) is 10.5 Å². The number of likely N-dealkylation sites (N-methyl/N-ethyl adjacent to an activating group) is 1. The van der Waals surface area contributed by atoms with Gasteiger partial charge in [-0.15, -0.1) is 0 Å². The summed E-state index contributed by atoms with van der Waals surface area (Å²) in [6, 6.07) is 6.90. The standard InChI is InChI=1S/C16H26N2O4/c1-16(2,3)22-15(20)17-12-6-8-14(9-7-12)21-11-13(19)10-18(4)5/h6-9,13,19H,10-11H2,1-5H3,(H,17,20). The van der Waals surface area contributed by atoms with Crippen LogP contribution in [0.2, 0.25) is 0 Å². The largest absolute Gasteiger partial charge is 0.491 e. The number of aliphatic hydroxyl groups excluding tert-OH is 1. The van der Waals surface area contributed by atoms with Crippen molar-refractivity contribution in [2.75, 3.05) is 32.6 Å². The molecule has 0 saturated heterocycles. The summed E-state index contributed by atoms with van der Waals surface area (Å²) in [4.78, 5) is 13.5. The molecule has 22 heavy (non-hydrogen) atoms. The first-order valence-corrected chi connectivity index (χ1v) is 7.21. The number of benzene rings is 1. The van der Waals surface area contributed by atoms with Crippen molar-refractivity contribution in [1.82, 2.24) is 4.90 Å². The molecule has 0 heterocycles. The van der Waals surface area contributed by atoms with E-state index in [-0.39, 0.29) is 6.61 Å².